The molecule has 0 aliphatic carbocycles. The number of hydrogen-bond acceptors (Lipinski definition) is 5. The van der Waals surface area contributed by atoms with E-state index in [0.717, 1.165) is 35.5 Å². The van der Waals surface area contributed by atoms with Crippen LogP contribution in [0.25, 0.3) is 5.57 Å². The van der Waals surface area contributed by atoms with E-state index in [2.05, 4.69) is 16.4 Å². The number of nitrogens with one attached hydrogen (secondary N) is 1. The zero-order chi connectivity index (χ0) is 21.5. The summed E-state index contributed by atoms with van der Waals surface area (Å²) in [5.74, 6) is -0.682. The Labute approximate surface area is 181 Å². The summed E-state index contributed by atoms with van der Waals surface area (Å²) in [6.45, 7) is 2.25. The molecule has 2 heterocycles. The predicted molar refractivity (Wildman–Crippen MR) is 119 cm³/mol. The third kappa shape index (κ3) is 5.49. The zero-order valence-electron chi connectivity index (χ0n) is 17.1. The molecule has 0 fully saturated rings. The van der Waals surface area contributed by atoms with Crippen LogP contribution in [0.1, 0.15) is 33.6 Å². The summed E-state index contributed by atoms with van der Waals surface area (Å²) in [6, 6.07) is 18.8. The molecule has 0 radical (unpaired) electrons. The molecule has 0 bridgehead atoms. The van der Waals surface area contributed by atoms with Gasteiger partial charge in [0.1, 0.15) is 17.9 Å². The number of aromatic nitrogens is 1. The third-order valence-corrected chi connectivity index (χ3v) is 5.06. The van der Waals surface area contributed by atoms with Gasteiger partial charge in [-0.1, -0.05) is 42.5 Å². The van der Waals surface area contributed by atoms with Crippen LogP contribution in [-0.4, -0.2) is 29.3 Å². The molecule has 0 saturated heterocycles. The lowest BCUT2D eigenvalue weighted by Crippen LogP contribution is -2.06. The van der Waals surface area contributed by atoms with Crippen molar-refractivity contribution < 1.29 is 19.4 Å². The monoisotopic (exact) mass is 416 g/mol. The number of benzene rings is 2. The highest BCUT2D eigenvalue weighted by atomic mass is 16.5. The summed E-state index contributed by atoms with van der Waals surface area (Å²) >= 11 is 0. The van der Waals surface area contributed by atoms with Crippen LogP contribution in [0, 0.1) is 0 Å². The van der Waals surface area contributed by atoms with Crippen molar-refractivity contribution in [3.63, 3.8) is 0 Å². The van der Waals surface area contributed by atoms with Crippen LogP contribution in [0.2, 0.25) is 0 Å². The molecule has 158 valence electrons. The Bertz CT molecular complexity index is 1060. The van der Waals surface area contributed by atoms with Gasteiger partial charge in [-0.2, -0.15) is 0 Å². The highest BCUT2D eigenvalue weighted by molar-refractivity contribution is 5.91. The molecule has 0 unspecified atom stereocenters. The van der Waals surface area contributed by atoms with Crippen LogP contribution in [0.5, 0.6) is 5.75 Å². The van der Waals surface area contributed by atoms with Crippen molar-refractivity contribution in [2.24, 2.45) is 0 Å². The van der Waals surface area contributed by atoms with E-state index >= 15 is 0 Å². The number of anilines is 1. The summed E-state index contributed by atoms with van der Waals surface area (Å²) in [6.07, 6.45) is 4.81. The van der Waals surface area contributed by atoms with Crippen LogP contribution >= 0.6 is 0 Å². The fourth-order valence-electron chi connectivity index (χ4n) is 3.35. The standard InChI is InChI=1S/C25H24N2O4/c28-25(29)22-8-7-21(14-24(22)31-17-18-4-2-1-3-5-18)26-15-19-6-9-23(27-16-19)20-10-12-30-13-11-20/h1-10,14,16,26H,11-13,15,17H2,(H,28,29). The third-order valence-electron chi connectivity index (χ3n) is 5.06. The molecule has 2 aromatic carbocycles. The van der Waals surface area contributed by atoms with E-state index in [-0.39, 0.29) is 5.56 Å². The molecule has 0 saturated carbocycles. The van der Waals surface area contributed by atoms with E-state index in [0.29, 0.717) is 25.5 Å². The van der Waals surface area contributed by atoms with Gasteiger partial charge in [0.25, 0.3) is 0 Å². The van der Waals surface area contributed by atoms with Gasteiger partial charge in [-0.15, -0.1) is 0 Å². The SMILES string of the molecule is O=C(O)c1ccc(NCc2ccc(C3=CCOCC3)nc2)cc1OCc1ccccc1. The molecule has 6 nitrogen and oxygen atoms in total. The summed E-state index contributed by atoms with van der Waals surface area (Å²) in [5.41, 5.74) is 5.12. The van der Waals surface area contributed by atoms with Crippen molar-refractivity contribution in [3.8, 4) is 5.75 Å². The fraction of sp³-hybridized carbons (Fsp3) is 0.200. The van der Waals surface area contributed by atoms with Gasteiger partial charge in [0.05, 0.1) is 18.9 Å². The van der Waals surface area contributed by atoms with Gasteiger partial charge in [0, 0.05) is 24.5 Å². The van der Waals surface area contributed by atoms with Gasteiger partial charge >= 0.3 is 5.97 Å². The number of hydrogen-bond donors (Lipinski definition) is 2. The molecule has 1 aliphatic heterocycles. The minimum absolute atomic E-state index is 0.136. The Hall–Kier alpha value is -3.64. The number of pyridine rings is 1. The highest BCUT2D eigenvalue weighted by Gasteiger charge is 2.13. The molecule has 4 rings (SSSR count). The predicted octanol–water partition coefficient (Wildman–Crippen LogP) is 4.77. The van der Waals surface area contributed by atoms with Gasteiger partial charge in [-0.05, 0) is 41.3 Å². The van der Waals surface area contributed by atoms with Gasteiger partial charge in [-0.3, -0.25) is 4.98 Å². The number of rotatable bonds is 8. The lowest BCUT2D eigenvalue weighted by Gasteiger charge is -2.14. The van der Waals surface area contributed by atoms with Gasteiger partial charge in [-0.25, -0.2) is 4.79 Å². The molecule has 2 N–H and O–H groups in total. The van der Waals surface area contributed by atoms with Crippen LogP contribution in [0.4, 0.5) is 5.69 Å². The largest absolute Gasteiger partial charge is 0.488 e. The average molecular weight is 416 g/mol. The van der Waals surface area contributed by atoms with Gasteiger partial charge in [0.2, 0.25) is 0 Å². The van der Waals surface area contributed by atoms with Crippen LogP contribution in [-0.2, 0) is 17.9 Å². The molecule has 1 aliphatic rings. The quantitative estimate of drug-likeness (QED) is 0.550. The number of aromatic carboxylic acids is 1. The van der Waals surface area contributed by atoms with E-state index in [1.807, 2.05) is 48.7 Å². The Kier molecular flexibility index (Phi) is 6.59. The lowest BCUT2D eigenvalue weighted by molar-refractivity contribution is 0.0692. The van der Waals surface area contributed by atoms with E-state index < -0.39 is 5.97 Å². The van der Waals surface area contributed by atoms with Gasteiger partial charge < -0.3 is 19.9 Å². The van der Waals surface area contributed by atoms with Crippen LogP contribution < -0.4 is 10.1 Å². The zero-order valence-corrected chi connectivity index (χ0v) is 17.1. The average Bonchev–Trinajstić information content (AvgIpc) is 2.83. The summed E-state index contributed by atoms with van der Waals surface area (Å²) in [5, 5.41) is 12.8. The number of ether oxygens (including phenoxy) is 2. The maximum atomic E-state index is 11.6. The molecule has 6 heteroatoms. The van der Waals surface area contributed by atoms with E-state index in [1.54, 1.807) is 18.2 Å². The first kappa shape index (κ1) is 20.6. The maximum Gasteiger partial charge on any atom is 0.339 e. The van der Waals surface area contributed by atoms with Crippen molar-refractivity contribution in [3.05, 3.63) is 95.3 Å². The van der Waals surface area contributed by atoms with Crippen molar-refractivity contribution in [2.75, 3.05) is 18.5 Å². The summed E-state index contributed by atoms with van der Waals surface area (Å²) < 4.78 is 11.2. The molecule has 0 atom stereocenters. The molecule has 1 aromatic heterocycles. The van der Waals surface area contributed by atoms with Gasteiger partial charge in [0.15, 0.2) is 0 Å². The minimum Gasteiger partial charge on any atom is -0.488 e. The fourth-order valence-corrected chi connectivity index (χ4v) is 3.35. The molecule has 0 spiro atoms. The van der Waals surface area contributed by atoms with Crippen LogP contribution in [0.15, 0.2) is 72.9 Å². The summed E-state index contributed by atoms with van der Waals surface area (Å²) in [7, 11) is 0. The first-order chi connectivity index (χ1) is 15.2. The lowest BCUT2D eigenvalue weighted by atomic mass is 10.1. The van der Waals surface area contributed by atoms with Crippen LogP contribution in [0.3, 0.4) is 0 Å². The number of nitrogens with zero attached hydrogens (tertiary/aromatic N) is 1. The molecule has 31 heavy (non-hydrogen) atoms. The normalized spacial score (nSPS) is 13.4. The first-order valence-corrected chi connectivity index (χ1v) is 10.2. The highest BCUT2D eigenvalue weighted by Crippen LogP contribution is 2.25. The number of carboxylic acid groups (broad SMARTS) is 1. The van der Waals surface area contributed by atoms with E-state index in [9.17, 15) is 9.90 Å². The molecule has 3 aromatic rings. The first-order valence-electron chi connectivity index (χ1n) is 10.2. The summed E-state index contributed by atoms with van der Waals surface area (Å²) in [4.78, 5) is 16.1. The second-order valence-electron chi connectivity index (χ2n) is 7.25. The van der Waals surface area contributed by atoms with Crippen molar-refractivity contribution in [2.45, 2.75) is 19.6 Å². The van der Waals surface area contributed by atoms with Crippen molar-refractivity contribution in [1.29, 1.82) is 0 Å². The maximum absolute atomic E-state index is 11.6. The smallest absolute Gasteiger partial charge is 0.339 e. The second-order valence-corrected chi connectivity index (χ2v) is 7.25. The molecular formula is C25H24N2O4. The molecule has 0 amide bonds. The van der Waals surface area contributed by atoms with Crippen molar-refractivity contribution >= 4 is 17.2 Å². The van der Waals surface area contributed by atoms with Crippen molar-refractivity contribution in [1.82, 2.24) is 4.98 Å². The van der Waals surface area contributed by atoms with E-state index in [4.69, 9.17) is 9.47 Å². The Morgan fingerprint density at radius 3 is 2.68 bits per heavy atom. The Morgan fingerprint density at radius 1 is 1.10 bits per heavy atom. The molecular weight excluding hydrogens is 392 g/mol. The topological polar surface area (TPSA) is 80.7 Å². The minimum atomic E-state index is -1.02. The Balaban J connectivity index is 1.42. The number of carboxylic acids is 1. The number of carbonyl (C=O) groups is 1. The van der Waals surface area contributed by atoms with E-state index in [1.165, 1.54) is 5.57 Å². The second kappa shape index (κ2) is 9.91. The Morgan fingerprint density at radius 2 is 1.97 bits per heavy atom.